The van der Waals surface area contributed by atoms with Gasteiger partial charge in [0.2, 0.25) is 5.91 Å². The number of hydrogen-bond donors (Lipinski definition) is 1. The molecule has 1 fully saturated rings. The molecule has 6 nitrogen and oxygen atoms in total. The van der Waals surface area contributed by atoms with Crippen molar-refractivity contribution in [1.29, 1.82) is 0 Å². The van der Waals surface area contributed by atoms with Crippen LogP contribution < -0.4 is 11.0 Å². The fraction of sp³-hybridized carbons (Fsp3) is 0.636. The number of rotatable bonds is 2. The van der Waals surface area contributed by atoms with E-state index in [0.29, 0.717) is 6.42 Å². The van der Waals surface area contributed by atoms with Crippen molar-refractivity contribution in [3.05, 3.63) is 22.4 Å². The smallest absolute Gasteiger partial charge is 0.327 e. The van der Waals surface area contributed by atoms with Crippen LogP contribution in [0.15, 0.2) is 11.0 Å². The topological polar surface area (TPSA) is 59.3 Å². The zero-order valence-electron chi connectivity index (χ0n) is 10.3. The number of carbonyl (C=O) groups excluding carboxylic acids is 1. The third-order valence-corrected chi connectivity index (χ3v) is 3.16. The van der Waals surface area contributed by atoms with Crippen LogP contribution in [0.4, 0.5) is 0 Å². The molecule has 0 bridgehead atoms. The lowest BCUT2D eigenvalue weighted by Crippen LogP contribution is -2.47. The Bertz CT molecular complexity index is 468. The van der Waals surface area contributed by atoms with E-state index in [0.717, 1.165) is 31.9 Å². The zero-order valence-corrected chi connectivity index (χ0v) is 10.3. The van der Waals surface area contributed by atoms with Gasteiger partial charge in [0, 0.05) is 52.2 Å². The molecule has 2 heterocycles. The minimum absolute atomic E-state index is 0.0897. The summed E-state index contributed by atoms with van der Waals surface area (Å²) in [7, 11) is 3.39. The molecule has 0 unspecified atom stereocenters. The first-order chi connectivity index (χ1) is 8.09. The first-order valence-corrected chi connectivity index (χ1v) is 5.79. The predicted octanol–water partition coefficient (Wildman–Crippen LogP) is -1.30. The van der Waals surface area contributed by atoms with Crippen LogP contribution in [0.2, 0.25) is 0 Å². The number of hydrogen-bond acceptors (Lipinski definition) is 3. The summed E-state index contributed by atoms with van der Waals surface area (Å²) in [5.74, 6) is 0.0905. The third kappa shape index (κ3) is 2.41. The van der Waals surface area contributed by atoms with Crippen molar-refractivity contribution in [2.75, 3.05) is 26.2 Å². The molecule has 0 spiro atoms. The number of piperazine rings is 1. The minimum Gasteiger partial charge on any atom is -0.340 e. The summed E-state index contributed by atoms with van der Waals surface area (Å²) < 4.78 is 3.03. The van der Waals surface area contributed by atoms with E-state index in [-0.39, 0.29) is 11.6 Å². The fourth-order valence-electron chi connectivity index (χ4n) is 2.07. The van der Waals surface area contributed by atoms with E-state index in [9.17, 15) is 9.59 Å². The maximum Gasteiger partial charge on any atom is 0.327 e. The van der Waals surface area contributed by atoms with Crippen LogP contribution in [0.5, 0.6) is 0 Å². The van der Waals surface area contributed by atoms with Crippen molar-refractivity contribution in [3.63, 3.8) is 0 Å². The number of imidazole rings is 1. The van der Waals surface area contributed by atoms with Crippen molar-refractivity contribution < 1.29 is 4.79 Å². The Morgan fingerprint density at radius 3 is 2.53 bits per heavy atom. The van der Waals surface area contributed by atoms with Crippen molar-refractivity contribution in [1.82, 2.24) is 19.4 Å². The molecule has 0 aromatic carbocycles. The van der Waals surface area contributed by atoms with E-state index in [2.05, 4.69) is 5.32 Å². The van der Waals surface area contributed by atoms with Gasteiger partial charge in [-0.2, -0.15) is 0 Å². The number of carbonyl (C=O) groups is 1. The van der Waals surface area contributed by atoms with Gasteiger partial charge in [-0.15, -0.1) is 0 Å². The molecule has 1 aromatic heterocycles. The second kappa shape index (κ2) is 4.75. The SMILES string of the molecule is Cn1cc(CC(=O)N2CCNCC2)n(C)c1=O. The van der Waals surface area contributed by atoms with Gasteiger partial charge >= 0.3 is 5.69 Å². The quantitative estimate of drug-likeness (QED) is 0.696. The first-order valence-electron chi connectivity index (χ1n) is 5.79. The molecular weight excluding hydrogens is 220 g/mol. The summed E-state index contributed by atoms with van der Waals surface area (Å²) in [6, 6.07) is 0. The maximum absolute atomic E-state index is 12.0. The van der Waals surface area contributed by atoms with E-state index in [1.807, 2.05) is 4.90 Å². The maximum atomic E-state index is 12.0. The van der Waals surface area contributed by atoms with E-state index in [1.54, 1.807) is 20.3 Å². The van der Waals surface area contributed by atoms with E-state index in [4.69, 9.17) is 0 Å². The Labute approximate surface area is 99.8 Å². The Balaban J connectivity index is 2.07. The Morgan fingerprint density at radius 1 is 1.35 bits per heavy atom. The van der Waals surface area contributed by atoms with Gasteiger partial charge < -0.3 is 14.8 Å². The Morgan fingerprint density at radius 2 is 2.00 bits per heavy atom. The van der Waals surface area contributed by atoms with Gasteiger partial charge in [0.05, 0.1) is 6.42 Å². The molecule has 2 rings (SSSR count). The zero-order chi connectivity index (χ0) is 12.4. The summed E-state index contributed by atoms with van der Waals surface area (Å²) in [6.07, 6.45) is 2.02. The highest BCUT2D eigenvalue weighted by Crippen LogP contribution is 2.02. The second-order valence-corrected chi connectivity index (χ2v) is 4.38. The molecule has 0 radical (unpaired) electrons. The van der Waals surface area contributed by atoms with Gasteiger partial charge in [0.25, 0.3) is 0 Å². The summed E-state index contributed by atoms with van der Waals surface area (Å²) in [5, 5.41) is 3.20. The second-order valence-electron chi connectivity index (χ2n) is 4.38. The van der Waals surface area contributed by atoms with Gasteiger partial charge in [-0.25, -0.2) is 4.79 Å². The molecule has 0 saturated carbocycles. The highest BCUT2D eigenvalue weighted by Gasteiger charge is 2.18. The van der Waals surface area contributed by atoms with Crippen LogP contribution in [-0.4, -0.2) is 46.1 Å². The fourth-order valence-corrected chi connectivity index (χ4v) is 2.07. The summed E-state index contributed by atoms with van der Waals surface area (Å²) in [5.41, 5.74) is 0.675. The molecule has 0 aliphatic carbocycles. The molecule has 1 aromatic rings. The lowest BCUT2D eigenvalue weighted by atomic mass is 10.2. The molecule has 1 saturated heterocycles. The first kappa shape index (κ1) is 11.9. The lowest BCUT2D eigenvalue weighted by Gasteiger charge is -2.27. The number of aryl methyl sites for hydroxylation is 1. The van der Waals surface area contributed by atoms with Crippen LogP contribution in [0, 0.1) is 0 Å². The van der Waals surface area contributed by atoms with Gasteiger partial charge in [0.1, 0.15) is 0 Å². The molecule has 1 N–H and O–H groups in total. The minimum atomic E-state index is -0.0897. The average molecular weight is 238 g/mol. The summed E-state index contributed by atoms with van der Waals surface area (Å²) in [6.45, 7) is 3.19. The van der Waals surface area contributed by atoms with Crippen LogP contribution in [0.3, 0.4) is 0 Å². The summed E-state index contributed by atoms with van der Waals surface area (Å²) in [4.78, 5) is 25.4. The van der Waals surface area contributed by atoms with Gasteiger partial charge in [-0.05, 0) is 0 Å². The monoisotopic (exact) mass is 238 g/mol. The van der Waals surface area contributed by atoms with Crippen molar-refractivity contribution in [2.24, 2.45) is 14.1 Å². The molecule has 94 valence electrons. The van der Waals surface area contributed by atoms with E-state index >= 15 is 0 Å². The number of amides is 1. The molecule has 17 heavy (non-hydrogen) atoms. The number of nitrogens with one attached hydrogen (secondary N) is 1. The van der Waals surface area contributed by atoms with Gasteiger partial charge in [-0.1, -0.05) is 0 Å². The van der Waals surface area contributed by atoms with Crippen LogP contribution in [0.1, 0.15) is 5.69 Å². The van der Waals surface area contributed by atoms with E-state index < -0.39 is 0 Å². The van der Waals surface area contributed by atoms with Crippen molar-refractivity contribution in [2.45, 2.75) is 6.42 Å². The molecular formula is C11H18N4O2. The van der Waals surface area contributed by atoms with Gasteiger partial charge in [-0.3, -0.25) is 9.36 Å². The number of aromatic nitrogens is 2. The van der Waals surface area contributed by atoms with E-state index in [1.165, 1.54) is 9.13 Å². The summed E-state index contributed by atoms with van der Waals surface area (Å²) >= 11 is 0. The van der Waals surface area contributed by atoms with Gasteiger partial charge in [0.15, 0.2) is 0 Å². The largest absolute Gasteiger partial charge is 0.340 e. The van der Waals surface area contributed by atoms with Crippen LogP contribution in [0.25, 0.3) is 0 Å². The predicted molar refractivity (Wildman–Crippen MR) is 63.8 cm³/mol. The molecule has 0 atom stereocenters. The lowest BCUT2D eigenvalue weighted by molar-refractivity contribution is -0.131. The average Bonchev–Trinajstić information content (AvgIpc) is 2.58. The molecule has 6 heteroatoms. The van der Waals surface area contributed by atoms with Crippen LogP contribution >= 0.6 is 0 Å². The highest BCUT2D eigenvalue weighted by molar-refractivity contribution is 5.78. The van der Waals surface area contributed by atoms with Crippen molar-refractivity contribution in [3.8, 4) is 0 Å². The Kier molecular flexibility index (Phi) is 3.33. The number of nitrogens with zero attached hydrogens (tertiary/aromatic N) is 3. The normalized spacial score (nSPS) is 16.2. The van der Waals surface area contributed by atoms with Crippen molar-refractivity contribution >= 4 is 5.91 Å². The third-order valence-electron chi connectivity index (χ3n) is 3.16. The molecule has 1 amide bonds. The molecule has 1 aliphatic rings. The molecule has 1 aliphatic heterocycles. The Hall–Kier alpha value is -1.56. The highest BCUT2D eigenvalue weighted by atomic mass is 16.2. The standard InChI is InChI=1S/C11H18N4O2/c1-13-8-9(14(2)11(13)17)7-10(16)15-5-3-12-4-6-15/h8,12H,3-7H2,1-2H3. The van der Waals surface area contributed by atoms with Crippen LogP contribution in [-0.2, 0) is 25.3 Å².